The first-order chi connectivity index (χ1) is 16.7. The number of thioether (sulfide) groups is 1. The molecule has 2 aromatic rings. The normalized spacial score (nSPS) is 13.8. The van der Waals surface area contributed by atoms with E-state index in [2.05, 4.69) is 5.32 Å². The maximum Gasteiger partial charge on any atom is 0.339 e. The first-order valence-corrected chi connectivity index (χ1v) is 12.3. The fraction of sp³-hybridized carbons (Fsp3) is 0.360. The molecule has 0 aromatic heterocycles. The Hall–Kier alpha value is -3.37. The van der Waals surface area contributed by atoms with Gasteiger partial charge in [-0.2, -0.15) is 0 Å². The van der Waals surface area contributed by atoms with Gasteiger partial charge in [0.2, 0.25) is 11.8 Å². The number of aryl methyl sites for hydroxylation is 2. The van der Waals surface area contributed by atoms with Gasteiger partial charge in [-0.25, -0.2) is 4.79 Å². The number of hydrogen-bond donors (Lipinski definition) is 2. The number of para-hydroxylation sites is 1. The zero-order valence-electron chi connectivity index (χ0n) is 19.9. The summed E-state index contributed by atoms with van der Waals surface area (Å²) in [6.45, 7) is 5.76. The number of nitrogens with two attached hydrogens (primary N) is 1. The van der Waals surface area contributed by atoms with Crippen molar-refractivity contribution in [1.29, 1.82) is 0 Å². The molecule has 1 heterocycles. The lowest BCUT2D eigenvalue weighted by atomic mass is 10.1. The monoisotopic (exact) mass is 498 g/mol. The van der Waals surface area contributed by atoms with Crippen molar-refractivity contribution in [3.05, 3.63) is 59.2 Å². The van der Waals surface area contributed by atoms with Crippen molar-refractivity contribution in [2.75, 3.05) is 50.4 Å². The van der Waals surface area contributed by atoms with E-state index >= 15 is 0 Å². The average Bonchev–Trinajstić information content (AvgIpc) is 2.84. The van der Waals surface area contributed by atoms with Crippen LogP contribution in [0.5, 0.6) is 0 Å². The molecule has 10 heteroatoms. The number of carbonyl (C=O) groups excluding carboxylic acids is 4. The highest BCUT2D eigenvalue weighted by Gasteiger charge is 2.24. The van der Waals surface area contributed by atoms with Crippen molar-refractivity contribution in [3.8, 4) is 0 Å². The SMILES string of the molecule is Cc1cccc(C)c1NC(=O)CN1CCN(C(=O)COC(=O)c2ccccc2SCC(N)=O)CC1. The molecule has 0 unspecified atom stereocenters. The molecule has 1 fully saturated rings. The predicted molar refractivity (Wildman–Crippen MR) is 134 cm³/mol. The molecule has 3 amide bonds. The second-order valence-corrected chi connectivity index (χ2v) is 9.32. The van der Waals surface area contributed by atoms with Crippen LogP contribution < -0.4 is 11.1 Å². The van der Waals surface area contributed by atoms with Crippen LogP contribution in [0.25, 0.3) is 0 Å². The first-order valence-electron chi connectivity index (χ1n) is 11.3. The number of carbonyl (C=O) groups is 4. The van der Waals surface area contributed by atoms with Crippen LogP contribution in [-0.2, 0) is 19.1 Å². The maximum atomic E-state index is 12.6. The Morgan fingerprint density at radius 3 is 2.29 bits per heavy atom. The lowest BCUT2D eigenvalue weighted by Gasteiger charge is -2.34. The molecule has 0 radical (unpaired) electrons. The number of primary amides is 1. The molecule has 0 atom stereocenters. The van der Waals surface area contributed by atoms with Gasteiger partial charge in [0.25, 0.3) is 5.91 Å². The Labute approximate surface area is 209 Å². The molecule has 0 bridgehead atoms. The van der Waals surface area contributed by atoms with Crippen molar-refractivity contribution >= 4 is 41.1 Å². The lowest BCUT2D eigenvalue weighted by molar-refractivity contribution is -0.136. The minimum absolute atomic E-state index is 0.0378. The summed E-state index contributed by atoms with van der Waals surface area (Å²) in [5, 5.41) is 2.98. The molecule has 0 spiro atoms. The van der Waals surface area contributed by atoms with Gasteiger partial charge in [-0.3, -0.25) is 19.3 Å². The summed E-state index contributed by atoms with van der Waals surface area (Å²) in [5.74, 6) is -1.47. The van der Waals surface area contributed by atoms with Crippen LogP contribution in [0.4, 0.5) is 5.69 Å². The van der Waals surface area contributed by atoms with Crippen molar-refractivity contribution in [3.63, 3.8) is 0 Å². The molecule has 1 aliphatic rings. The molecule has 3 rings (SSSR count). The second-order valence-electron chi connectivity index (χ2n) is 8.30. The molecule has 0 aliphatic carbocycles. The zero-order valence-corrected chi connectivity index (χ0v) is 20.7. The van der Waals surface area contributed by atoms with Gasteiger partial charge in [-0.05, 0) is 37.1 Å². The number of anilines is 1. The Bertz CT molecular complexity index is 1080. The van der Waals surface area contributed by atoms with Gasteiger partial charge >= 0.3 is 5.97 Å². The largest absolute Gasteiger partial charge is 0.452 e. The lowest BCUT2D eigenvalue weighted by Crippen LogP contribution is -2.51. The number of piperazine rings is 1. The number of benzene rings is 2. The number of nitrogens with zero attached hydrogens (tertiary/aromatic N) is 2. The van der Waals surface area contributed by atoms with Gasteiger partial charge in [0.1, 0.15) is 0 Å². The van der Waals surface area contributed by atoms with Crippen LogP contribution >= 0.6 is 11.8 Å². The summed E-state index contributed by atoms with van der Waals surface area (Å²) in [6, 6.07) is 12.6. The smallest absolute Gasteiger partial charge is 0.339 e. The Balaban J connectivity index is 1.44. The summed E-state index contributed by atoms with van der Waals surface area (Å²) < 4.78 is 5.23. The molecule has 1 saturated heterocycles. The number of rotatable bonds is 9. The molecule has 1 aliphatic heterocycles. The van der Waals surface area contributed by atoms with Gasteiger partial charge in [-0.1, -0.05) is 30.3 Å². The van der Waals surface area contributed by atoms with E-state index in [9.17, 15) is 19.2 Å². The van der Waals surface area contributed by atoms with Crippen LogP contribution in [0.1, 0.15) is 21.5 Å². The van der Waals surface area contributed by atoms with Crippen LogP contribution in [0.15, 0.2) is 47.4 Å². The minimum atomic E-state index is -0.632. The summed E-state index contributed by atoms with van der Waals surface area (Å²) in [5.41, 5.74) is 8.32. The quantitative estimate of drug-likeness (QED) is 0.399. The highest BCUT2D eigenvalue weighted by molar-refractivity contribution is 8.00. The maximum absolute atomic E-state index is 12.6. The fourth-order valence-corrected chi connectivity index (χ4v) is 4.53. The fourth-order valence-electron chi connectivity index (χ4n) is 3.76. The predicted octanol–water partition coefficient (Wildman–Crippen LogP) is 1.82. The third-order valence-corrected chi connectivity index (χ3v) is 6.74. The van der Waals surface area contributed by atoms with Gasteiger partial charge in [0.15, 0.2) is 6.61 Å². The van der Waals surface area contributed by atoms with Gasteiger partial charge < -0.3 is 20.7 Å². The van der Waals surface area contributed by atoms with Crippen LogP contribution in [0.3, 0.4) is 0 Å². The highest BCUT2D eigenvalue weighted by Crippen LogP contribution is 2.23. The van der Waals surface area contributed by atoms with E-state index in [4.69, 9.17) is 10.5 Å². The van der Waals surface area contributed by atoms with E-state index in [1.165, 1.54) is 0 Å². The number of esters is 1. The topological polar surface area (TPSA) is 122 Å². The summed E-state index contributed by atoms with van der Waals surface area (Å²) >= 11 is 1.14. The van der Waals surface area contributed by atoms with E-state index in [-0.39, 0.29) is 36.3 Å². The van der Waals surface area contributed by atoms with Gasteiger partial charge in [0.05, 0.1) is 17.9 Å². The van der Waals surface area contributed by atoms with Crippen molar-refractivity contribution in [1.82, 2.24) is 9.80 Å². The third kappa shape index (κ3) is 7.56. The number of amides is 3. The first kappa shape index (κ1) is 26.2. The molecular weight excluding hydrogens is 468 g/mol. The number of ether oxygens (including phenoxy) is 1. The van der Waals surface area contributed by atoms with Crippen molar-refractivity contribution in [2.45, 2.75) is 18.7 Å². The molecule has 9 nitrogen and oxygen atoms in total. The van der Waals surface area contributed by atoms with E-state index < -0.39 is 11.9 Å². The van der Waals surface area contributed by atoms with E-state index in [0.717, 1.165) is 28.6 Å². The highest BCUT2D eigenvalue weighted by atomic mass is 32.2. The average molecular weight is 499 g/mol. The Morgan fingerprint density at radius 2 is 1.63 bits per heavy atom. The van der Waals surface area contributed by atoms with Crippen molar-refractivity contribution in [2.24, 2.45) is 5.73 Å². The van der Waals surface area contributed by atoms with Gasteiger partial charge in [0, 0.05) is 36.8 Å². The third-order valence-electron chi connectivity index (χ3n) is 5.64. The van der Waals surface area contributed by atoms with Crippen molar-refractivity contribution < 1.29 is 23.9 Å². The van der Waals surface area contributed by atoms with Crippen LogP contribution in [0, 0.1) is 13.8 Å². The molecule has 0 saturated carbocycles. The van der Waals surface area contributed by atoms with E-state index in [0.29, 0.717) is 31.1 Å². The zero-order chi connectivity index (χ0) is 25.4. The molecule has 186 valence electrons. The minimum Gasteiger partial charge on any atom is -0.452 e. The van der Waals surface area contributed by atoms with Gasteiger partial charge in [-0.15, -0.1) is 11.8 Å². The van der Waals surface area contributed by atoms with Crippen LogP contribution in [-0.4, -0.2) is 78.6 Å². The number of hydrogen-bond acceptors (Lipinski definition) is 7. The summed E-state index contributed by atoms with van der Waals surface area (Å²) in [7, 11) is 0. The standard InChI is InChI=1S/C25H30N4O5S/c1-17-6-5-7-18(2)24(17)27-22(31)14-28-10-12-29(13-11-28)23(32)15-34-25(33)19-8-3-4-9-20(19)35-16-21(26)30/h3-9H,10-16H2,1-2H3,(H2,26,30)(H,27,31). The van der Waals surface area contributed by atoms with E-state index in [1.807, 2.05) is 36.9 Å². The Morgan fingerprint density at radius 1 is 0.971 bits per heavy atom. The molecule has 3 N–H and O–H groups in total. The molecule has 35 heavy (non-hydrogen) atoms. The second kappa shape index (κ2) is 12.4. The molecular formula is C25H30N4O5S. The summed E-state index contributed by atoms with van der Waals surface area (Å²) in [6.07, 6.45) is 0. The Kier molecular flexibility index (Phi) is 9.27. The van der Waals surface area contributed by atoms with Crippen LogP contribution in [0.2, 0.25) is 0 Å². The summed E-state index contributed by atoms with van der Waals surface area (Å²) in [4.78, 5) is 52.8. The number of nitrogens with one attached hydrogen (secondary N) is 1. The molecule has 2 aromatic carbocycles. The van der Waals surface area contributed by atoms with E-state index in [1.54, 1.807) is 29.2 Å².